The van der Waals surface area contributed by atoms with Gasteiger partial charge >= 0.3 is 6.09 Å². The Hall–Kier alpha value is -3.18. The minimum absolute atomic E-state index is 0.0101. The number of likely N-dealkylation sites (N-methyl/N-ethyl adjacent to an activating group) is 1. The lowest BCUT2D eigenvalue weighted by Crippen LogP contribution is -2.44. The topological polar surface area (TPSA) is 105 Å². The molecule has 3 aromatic rings. The van der Waals surface area contributed by atoms with Crippen LogP contribution in [0.15, 0.2) is 33.7 Å². The molecule has 1 aliphatic carbocycles. The molecule has 0 spiro atoms. The van der Waals surface area contributed by atoms with Crippen LogP contribution >= 0.6 is 15.9 Å². The summed E-state index contributed by atoms with van der Waals surface area (Å²) in [5.41, 5.74) is 4.15. The van der Waals surface area contributed by atoms with E-state index in [0.29, 0.717) is 16.1 Å². The van der Waals surface area contributed by atoms with Crippen molar-refractivity contribution in [2.45, 2.75) is 78.0 Å². The number of fused-ring (bicyclic) bond motifs is 1. The summed E-state index contributed by atoms with van der Waals surface area (Å²) < 4.78 is 7.77. The van der Waals surface area contributed by atoms with Gasteiger partial charge in [-0.25, -0.2) is 9.78 Å². The van der Waals surface area contributed by atoms with Crippen molar-refractivity contribution in [3.63, 3.8) is 0 Å². The fourth-order valence-electron chi connectivity index (χ4n) is 5.92. The van der Waals surface area contributed by atoms with Crippen LogP contribution in [0.4, 0.5) is 22.1 Å². The molecule has 0 atom stereocenters. The quantitative estimate of drug-likeness (QED) is 0.368. The second-order valence-electron chi connectivity index (χ2n) is 12.6. The van der Waals surface area contributed by atoms with Crippen molar-refractivity contribution in [1.82, 2.24) is 24.8 Å². The number of carbonyl (C=O) groups is 1. The number of carbonyl (C=O) groups excluding carboxylic acids is 1. The van der Waals surface area contributed by atoms with Gasteiger partial charge in [0.2, 0.25) is 5.95 Å². The van der Waals surface area contributed by atoms with Crippen LogP contribution in [0.2, 0.25) is 0 Å². The van der Waals surface area contributed by atoms with E-state index >= 15 is 0 Å². The number of aryl methyl sites for hydroxylation is 2. The molecule has 1 amide bonds. The first kappa shape index (κ1) is 30.3. The number of hydrogen-bond donors (Lipinski definition) is 2. The fraction of sp³-hybridized carbons (Fsp3) is 0.548. The Morgan fingerprint density at radius 3 is 2.40 bits per heavy atom. The van der Waals surface area contributed by atoms with Gasteiger partial charge in [-0.05, 0) is 113 Å². The van der Waals surface area contributed by atoms with E-state index in [0.717, 1.165) is 68.5 Å². The van der Waals surface area contributed by atoms with E-state index < -0.39 is 11.7 Å². The Labute approximate surface area is 256 Å². The van der Waals surface area contributed by atoms with Crippen LogP contribution in [0.1, 0.15) is 63.6 Å². The normalized spacial score (nSPS) is 20.0. The minimum atomic E-state index is -0.543. The summed E-state index contributed by atoms with van der Waals surface area (Å²) in [6, 6.07) is 6.32. The first-order valence-electron chi connectivity index (χ1n) is 14.8. The highest BCUT2D eigenvalue weighted by atomic mass is 79.9. The third-order valence-electron chi connectivity index (χ3n) is 8.22. The van der Waals surface area contributed by atoms with Crippen LogP contribution in [0.3, 0.4) is 0 Å². The van der Waals surface area contributed by atoms with Crippen LogP contribution in [-0.4, -0.2) is 70.4 Å². The lowest BCUT2D eigenvalue weighted by atomic mass is 9.90. The number of anilines is 3. The fourth-order valence-corrected chi connectivity index (χ4v) is 6.32. The van der Waals surface area contributed by atoms with Crippen molar-refractivity contribution in [1.29, 1.82) is 0 Å². The molecule has 1 saturated carbocycles. The van der Waals surface area contributed by atoms with Crippen molar-refractivity contribution in [2.24, 2.45) is 0 Å². The van der Waals surface area contributed by atoms with Gasteiger partial charge in [-0.15, -0.1) is 0 Å². The monoisotopic (exact) mass is 639 g/mol. The molecule has 1 aliphatic heterocycles. The van der Waals surface area contributed by atoms with Gasteiger partial charge in [-0.3, -0.25) is 9.36 Å². The lowest BCUT2D eigenvalue weighted by Gasteiger charge is -2.35. The van der Waals surface area contributed by atoms with Gasteiger partial charge in [0.1, 0.15) is 11.2 Å². The standard InChI is InChI=1S/C31H42BrN7O3/c1-19-17-22(9-12-25(19)38-15-13-37(6)14-16-38)34-29-33-18-24-20(2)26(32)28(40)39(27(24)36-29)23-10-7-21(8-11-23)35-30(41)42-31(3,4)5/h9,12,17-18,21,23H,7-8,10-11,13-16H2,1-6H3,(H,35,41)(H,33,34,36)/t21-,23-. The molecule has 2 N–H and O–H groups in total. The van der Waals surface area contributed by atoms with Crippen LogP contribution < -0.4 is 21.1 Å². The van der Waals surface area contributed by atoms with E-state index in [1.54, 1.807) is 6.20 Å². The van der Waals surface area contributed by atoms with E-state index in [1.165, 1.54) is 11.3 Å². The van der Waals surface area contributed by atoms with E-state index in [4.69, 9.17) is 9.72 Å². The van der Waals surface area contributed by atoms with E-state index in [-0.39, 0.29) is 17.6 Å². The number of hydrogen-bond acceptors (Lipinski definition) is 8. The maximum absolute atomic E-state index is 13.6. The Balaban J connectivity index is 1.36. The smallest absolute Gasteiger partial charge is 0.407 e. The molecule has 5 rings (SSSR count). The highest BCUT2D eigenvalue weighted by Crippen LogP contribution is 2.33. The number of ether oxygens (including phenoxy) is 1. The molecular formula is C31H42BrN7O3. The molecular weight excluding hydrogens is 598 g/mol. The van der Waals surface area contributed by atoms with Crippen molar-refractivity contribution in [2.75, 3.05) is 43.4 Å². The number of halogens is 1. The van der Waals surface area contributed by atoms with Gasteiger partial charge in [0.15, 0.2) is 0 Å². The summed E-state index contributed by atoms with van der Waals surface area (Å²) in [5.74, 6) is 0.449. The molecule has 42 heavy (non-hydrogen) atoms. The Morgan fingerprint density at radius 2 is 1.76 bits per heavy atom. The number of rotatable bonds is 5. The third kappa shape index (κ3) is 6.72. The lowest BCUT2D eigenvalue weighted by molar-refractivity contribution is 0.0488. The van der Waals surface area contributed by atoms with Gasteiger partial charge in [0, 0.05) is 61.2 Å². The summed E-state index contributed by atoms with van der Waals surface area (Å²) >= 11 is 3.53. The second-order valence-corrected chi connectivity index (χ2v) is 13.4. The summed E-state index contributed by atoms with van der Waals surface area (Å²) in [5, 5.41) is 7.19. The predicted molar refractivity (Wildman–Crippen MR) is 171 cm³/mol. The van der Waals surface area contributed by atoms with Crippen molar-refractivity contribution < 1.29 is 9.53 Å². The van der Waals surface area contributed by atoms with E-state index in [1.807, 2.05) is 32.3 Å². The zero-order valence-electron chi connectivity index (χ0n) is 25.5. The first-order chi connectivity index (χ1) is 19.9. The largest absolute Gasteiger partial charge is 0.444 e. The second kappa shape index (κ2) is 12.2. The first-order valence-corrected chi connectivity index (χ1v) is 15.6. The zero-order chi connectivity index (χ0) is 30.2. The van der Waals surface area contributed by atoms with Crippen molar-refractivity contribution in [3.05, 3.63) is 50.3 Å². The van der Waals surface area contributed by atoms with Crippen LogP contribution in [-0.2, 0) is 4.74 Å². The Morgan fingerprint density at radius 1 is 1.07 bits per heavy atom. The van der Waals surface area contributed by atoms with Crippen LogP contribution in [0.5, 0.6) is 0 Å². The highest BCUT2D eigenvalue weighted by molar-refractivity contribution is 9.10. The number of benzene rings is 1. The molecule has 11 heteroatoms. The Bertz CT molecular complexity index is 1520. The molecule has 3 heterocycles. The van der Waals surface area contributed by atoms with E-state index in [9.17, 15) is 9.59 Å². The van der Waals surface area contributed by atoms with Gasteiger partial charge in [-0.2, -0.15) is 4.98 Å². The number of alkyl carbamates (subject to hydrolysis) is 1. The van der Waals surface area contributed by atoms with E-state index in [2.05, 4.69) is 73.5 Å². The zero-order valence-corrected chi connectivity index (χ0v) is 27.0. The molecule has 1 aromatic carbocycles. The van der Waals surface area contributed by atoms with Gasteiger partial charge in [0.25, 0.3) is 5.56 Å². The molecule has 2 aromatic heterocycles. The number of nitrogens with zero attached hydrogens (tertiary/aromatic N) is 5. The van der Waals surface area contributed by atoms with Gasteiger partial charge < -0.3 is 25.2 Å². The molecule has 0 bridgehead atoms. The molecule has 226 valence electrons. The number of amides is 1. The third-order valence-corrected chi connectivity index (χ3v) is 9.15. The number of nitrogens with one attached hydrogen (secondary N) is 2. The molecule has 0 unspecified atom stereocenters. The summed E-state index contributed by atoms with van der Waals surface area (Å²) in [6.07, 6.45) is 4.37. The molecule has 1 saturated heterocycles. The summed E-state index contributed by atoms with van der Waals surface area (Å²) in [4.78, 5) is 40.1. The SMILES string of the molecule is Cc1cc(Nc2ncc3c(C)c(Br)c(=O)n([C@H]4CC[C@H](NC(=O)OC(C)(C)C)CC4)c3n2)ccc1N1CCN(C)CC1. The summed E-state index contributed by atoms with van der Waals surface area (Å²) in [6.45, 7) is 13.8. The number of piperazine rings is 1. The average molecular weight is 641 g/mol. The Kier molecular flexibility index (Phi) is 8.80. The molecule has 2 fully saturated rings. The number of pyridine rings is 1. The highest BCUT2D eigenvalue weighted by Gasteiger charge is 2.28. The van der Waals surface area contributed by atoms with Crippen LogP contribution in [0, 0.1) is 13.8 Å². The average Bonchev–Trinajstić information content (AvgIpc) is 2.92. The van der Waals surface area contributed by atoms with Gasteiger partial charge in [0.05, 0.1) is 4.47 Å². The minimum Gasteiger partial charge on any atom is -0.444 e. The molecule has 0 radical (unpaired) electrons. The molecule has 10 nitrogen and oxygen atoms in total. The van der Waals surface area contributed by atoms with Crippen molar-refractivity contribution in [3.8, 4) is 0 Å². The summed E-state index contributed by atoms with van der Waals surface area (Å²) in [7, 11) is 2.16. The maximum Gasteiger partial charge on any atom is 0.407 e. The van der Waals surface area contributed by atoms with Crippen LogP contribution in [0.25, 0.3) is 11.0 Å². The predicted octanol–water partition coefficient (Wildman–Crippen LogP) is 5.67. The van der Waals surface area contributed by atoms with Crippen molar-refractivity contribution >= 4 is 50.4 Å². The van der Waals surface area contributed by atoms with Gasteiger partial charge in [-0.1, -0.05) is 0 Å². The number of aromatic nitrogens is 3. The maximum atomic E-state index is 13.6. The molecule has 2 aliphatic rings.